The third-order valence-corrected chi connectivity index (χ3v) is 3.34. The molecule has 0 spiro atoms. The van der Waals surface area contributed by atoms with Gasteiger partial charge in [0, 0.05) is 19.6 Å². The second-order valence-electron chi connectivity index (χ2n) is 5.13. The molecule has 1 amide bonds. The third-order valence-electron chi connectivity index (χ3n) is 3.34. The highest BCUT2D eigenvalue weighted by molar-refractivity contribution is 5.78. The fraction of sp³-hybridized carbons (Fsp3) is 0.533. The van der Waals surface area contributed by atoms with Gasteiger partial charge in [-0.2, -0.15) is 13.2 Å². The molecule has 0 saturated heterocycles. The minimum Gasteiger partial charge on any atom is -0.340 e. The number of halogens is 3. The van der Waals surface area contributed by atoms with Crippen molar-refractivity contribution in [2.24, 2.45) is 0 Å². The molecule has 0 aliphatic carbocycles. The molecule has 1 atom stereocenters. The lowest BCUT2D eigenvalue weighted by Crippen LogP contribution is -2.38. The number of benzene rings is 1. The van der Waals surface area contributed by atoms with E-state index in [1.807, 2.05) is 13.8 Å². The van der Waals surface area contributed by atoms with E-state index >= 15 is 0 Å². The van der Waals surface area contributed by atoms with Gasteiger partial charge in [0.25, 0.3) is 0 Å². The van der Waals surface area contributed by atoms with Crippen molar-refractivity contribution in [3.63, 3.8) is 0 Å². The van der Waals surface area contributed by atoms with E-state index in [0.717, 1.165) is 18.6 Å². The largest absolute Gasteiger partial charge is 0.416 e. The van der Waals surface area contributed by atoms with Gasteiger partial charge in [0.1, 0.15) is 0 Å². The number of carbonyl (C=O) groups is 1. The molecule has 1 N–H and O–H groups in total. The summed E-state index contributed by atoms with van der Waals surface area (Å²) in [6.07, 6.45) is -3.41. The molecule has 21 heavy (non-hydrogen) atoms. The Morgan fingerprint density at radius 1 is 1.29 bits per heavy atom. The summed E-state index contributed by atoms with van der Waals surface area (Å²) in [5.41, 5.74) is -0.0129. The van der Waals surface area contributed by atoms with Crippen molar-refractivity contribution in [2.45, 2.75) is 39.0 Å². The predicted octanol–water partition coefficient (Wildman–Crippen LogP) is 3.05. The molecule has 0 radical (unpaired) electrons. The highest BCUT2D eigenvalue weighted by Gasteiger charge is 2.29. The Hall–Kier alpha value is -1.56. The average molecular weight is 302 g/mol. The van der Waals surface area contributed by atoms with Crippen LogP contribution in [-0.2, 0) is 17.5 Å². The summed E-state index contributed by atoms with van der Waals surface area (Å²) in [4.78, 5) is 13.4. The van der Waals surface area contributed by atoms with Crippen LogP contribution in [0.15, 0.2) is 24.3 Å². The minimum atomic E-state index is -4.33. The zero-order chi connectivity index (χ0) is 16.0. The maximum atomic E-state index is 12.4. The number of hydrogen-bond acceptors (Lipinski definition) is 2. The molecule has 0 heterocycles. The summed E-state index contributed by atoms with van der Waals surface area (Å²) in [5.74, 6) is -0.0878. The summed E-state index contributed by atoms with van der Waals surface area (Å²) in [7, 11) is 1.64. The van der Waals surface area contributed by atoms with Crippen LogP contribution in [0.25, 0.3) is 0 Å². The van der Waals surface area contributed by atoms with Gasteiger partial charge in [-0.1, -0.05) is 19.1 Å². The Bertz CT molecular complexity index is 457. The molecule has 1 unspecified atom stereocenters. The summed E-state index contributed by atoms with van der Waals surface area (Å²) in [5, 5.41) is 3.09. The van der Waals surface area contributed by atoms with Crippen molar-refractivity contribution in [1.82, 2.24) is 10.2 Å². The van der Waals surface area contributed by atoms with E-state index in [9.17, 15) is 18.0 Å². The van der Waals surface area contributed by atoms with Crippen LogP contribution >= 0.6 is 0 Å². The van der Waals surface area contributed by atoms with E-state index in [1.165, 1.54) is 17.0 Å². The summed E-state index contributed by atoms with van der Waals surface area (Å²) >= 11 is 0. The normalized spacial score (nSPS) is 13.0. The number of alkyl halides is 3. The standard InChI is InChI=1S/C15H21F3N2O/c1-4-11(2)19-9-14(21)20(3)10-12-5-7-13(8-6-12)15(16,17)18/h5-8,11,19H,4,9-10H2,1-3H3. The number of carbonyl (C=O) groups excluding carboxylic acids is 1. The van der Waals surface area contributed by atoms with Gasteiger partial charge in [-0.15, -0.1) is 0 Å². The molecule has 1 aromatic rings. The second-order valence-corrected chi connectivity index (χ2v) is 5.13. The van der Waals surface area contributed by atoms with Crippen LogP contribution in [-0.4, -0.2) is 30.4 Å². The first kappa shape index (κ1) is 17.5. The fourth-order valence-electron chi connectivity index (χ4n) is 1.70. The van der Waals surface area contributed by atoms with Gasteiger partial charge in [0.2, 0.25) is 5.91 Å². The SMILES string of the molecule is CCC(C)NCC(=O)N(C)Cc1ccc(C(F)(F)F)cc1. The summed E-state index contributed by atoms with van der Waals surface area (Å²) in [6, 6.07) is 5.12. The molecule has 0 fully saturated rings. The smallest absolute Gasteiger partial charge is 0.340 e. The lowest BCUT2D eigenvalue weighted by atomic mass is 10.1. The maximum absolute atomic E-state index is 12.4. The highest BCUT2D eigenvalue weighted by Crippen LogP contribution is 2.29. The maximum Gasteiger partial charge on any atom is 0.416 e. The van der Waals surface area contributed by atoms with Gasteiger partial charge in [-0.05, 0) is 31.0 Å². The number of nitrogens with zero attached hydrogens (tertiary/aromatic N) is 1. The van der Waals surface area contributed by atoms with E-state index in [-0.39, 0.29) is 18.5 Å². The fourth-order valence-corrected chi connectivity index (χ4v) is 1.70. The van der Waals surface area contributed by atoms with Gasteiger partial charge in [-0.3, -0.25) is 4.79 Å². The van der Waals surface area contributed by atoms with Crippen LogP contribution in [0.5, 0.6) is 0 Å². The Kier molecular flexibility index (Phi) is 6.20. The molecule has 0 aromatic heterocycles. The number of nitrogens with one attached hydrogen (secondary N) is 1. The van der Waals surface area contributed by atoms with Crippen LogP contribution in [0.4, 0.5) is 13.2 Å². The molecule has 6 heteroatoms. The first-order chi connectivity index (χ1) is 9.74. The topological polar surface area (TPSA) is 32.3 Å². The van der Waals surface area contributed by atoms with E-state index in [0.29, 0.717) is 12.1 Å². The van der Waals surface area contributed by atoms with Crippen LogP contribution in [0, 0.1) is 0 Å². The molecule has 1 aromatic carbocycles. The molecule has 1 rings (SSSR count). The first-order valence-electron chi connectivity index (χ1n) is 6.87. The number of amides is 1. The monoisotopic (exact) mass is 302 g/mol. The van der Waals surface area contributed by atoms with E-state index in [2.05, 4.69) is 5.32 Å². The van der Waals surface area contributed by atoms with Crippen LogP contribution in [0.2, 0.25) is 0 Å². The predicted molar refractivity (Wildman–Crippen MR) is 75.7 cm³/mol. The Morgan fingerprint density at radius 3 is 2.33 bits per heavy atom. The van der Waals surface area contributed by atoms with Crippen molar-refractivity contribution in [3.8, 4) is 0 Å². The van der Waals surface area contributed by atoms with E-state index in [1.54, 1.807) is 7.05 Å². The van der Waals surface area contributed by atoms with Crippen molar-refractivity contribution < 1.29 is 18.0 Å². The zero-order valence-electron chi connectivity index (χ0n) is 12.5. The highest BCUT2D eigenvalue weighted by atomic mass is 19.4. The quantitative estimate of drug-likeness (QED) is 0.876. The molecule has 0 bridgehead atoms. The number of rotatable bonds is 6. The average Bonchev–Trinajstić information content (AvgIpc) is 2.43. The van der Waals surface area contributed by atoms with Crippen molar-refractivity contribution in [2.75, 3.05) is 13.6 Å². The molecule has 0 aliphatic rings. The Morgan fingerprint density at radius 2 is 1.86 bits per heavy atom. The Balaban J connectivity index is 2.54. The molecule has 3 nitrogen and oxygen atoms in total. The van der Waals surface area contributed by atoms with Crippen molar-refractivity contribution >= 4 is 5.91 Å². The number of hydrogen-bond donors (Lipinski definition) is 1. The summed E-state index contributed by atoms with van der Waals surface area (Å²) in [6.45, 7) is 4.53. The van der Waals surface area contributed by atoms with Gasteiger partial charge < -0.3 is 10.2 Å². The number of likely N-dealkylation sites (N-methyl/N-ethyl adjacent to an activating group) is 1. The molecule has 0 aliphatic heterocycles. The van der Waals surface area contributed by atoms with E-state index < -0.39 is 11.7 Å². The van der Waals surface area contributed by atoms with Gasteiger partial charge in [0.05, 0.1) is 12.1 Å². The zero-order valence-corrected chi connectivity index (χ0v) is 12.5. The van der Waals surface area contributed by atoms with Crippen LogP contribution in [0.1, 0.15) is 31.4 Å². The Labute approximate surface area is 123 Å². The molecule has 118 valence electrons. The van der Waals surface area contributed by atoms with Crippen molar-refractivity contribution in [1.29, 1.82) is 0 Å². The molecule has 0 saturated carbocycles. The molecular formula is C15H21F3N2O. The molecular weight excluding hydrogens is 281 g/mol. The van der Waals surface area contributed by atoms with Gasteiger partial charge in [0.15, 0.2) is 0 Å². The van der Waals surface area contributed by atoms with E-state index in [4.69, 9.17) is 0 Å². The van der Waals surface area contributed by atoms with Gasteiger partial charge >= 0.3 is 6.18 Å². The lowest BCUT2D eigenvalue weighted by molar-refractivity contribution is -0.137. The van der Waals surface area contributed by atoms with Crippen LogP contribution < -0.4 is 5.32 Å². The second kappa shape index (κ2) is 7.45. The summed E-state index contributed by atoms with van der Waals surface area (Å²) < 4.78 is 37.3. The lowest BCUT2D eigenvalue weighted by Gasteiger charge is -2.19. The van der Waals surface area contributed by atoms with Gasteiger partial charge in [-0.25, -0.2) is 0 Å². The first-order valence-corrected chi connectivity index (χ1v) is 6.87. The van der Waals surface area contributed by atoms with Crippen molar-refractivity contribution in [3.05, 3.63) is 35.4 Å². The minimum absolute atomic E-state index is 0.0878. The third kappa shape index (κ3) is 5.75. The van der Waals surface area contributed by atoms with Crippen LogP contribution in [0.3, 0.4) is 0 Å².